The molecular weight excluding hydrogens is 272 g/mol. The van der Waals surface area contributed by atoms with Crippen molar-refractivity contribution in [2.45, 2.75) is 18.8 Å². The van der Waals surface area contributed by atoms with Crippen molar-refractivity contribution in [3.05, 3.63) is 54.2 Å². The van der Waals surface area contributed by atoms with Crippen LogP contribution in [0.5, 0.6) is 11.6 Å². The number of hydrogen-bond donors (Lipinski definition) is 1. The first-order valence-electron chi connectivity index (χ1n) is 6.82. The molecule has 0 atom stereocenters. The van der Waals surface area contributed by atoms with E-state index >= 15 is 0 Å². The fourth-order valence-electron chi connectivity index (χ4n) is 2.53. The fraction of sp³-hybridized carbons (Fsp3) is 0.312. The summed E-state index contributed by atoms with van der Waals surface area (Å²) in [5.74, 6) is 2.14. The lowest BCUT2D eigenvalue weighted by molar-refractivity contribution is 0.419. The first-order valence-corrected chi connectivity index (χ1v) is 6.82. The summed E-state index contributed by atoms with van der Waals surface area (Å²) >= 11 is 0. The second-order valence-corrected chi connectivity index (χ2v) is 4.84. The zero-order chi connectivity index (χ0) is 12.9. The molecule has 3 nitrogen and oxygen atoms in total. The summed E-state index contributed by atoms with van der Waals surface area (Å²) in [6, 6.07) is 14.0. The topological polar surface area (TPSA) is 34.1 Å². The van der Waals surface area contributed by atoms with Crippen LogP contribution in [-0.2, 0) is 0 Å². The van der Waals surface area contributed by atoms with Crippen LogP contribution in [0, 0.1) is 0 Å². The van der Waals surface area contributed by atoms with Crippen LogP contribution >= 0.6 is 12.4 Å². The van der Waals surface area contributed by atoms with Gasteiger partial charge < -0.3 is 10.1 Å². The smallest absolute Gasteiger partial charge is 0.222 e. The predicted molar refractivity (Wildman–Crippen MR) is 82.8 cm³/mol. The highest BCUT2D eigenvalue weighted by Gasteiger charge is 2.19. The summed E-state index contributed by atoms with van der Waals surface area (Å²) in [6.45, 7) is 2.15. The van der Waals surface area contributed by atoms with Gasteiger partial charge >= 0.3 is 0 Å². The molecule has 106 valence electrons. The number of hydrogen-bond acceptors (Lipinski definition) is 3. The average Bonchev–Trinajstić information content (AvgIpc) is 2.50. The predicted octanol–water partition coefficient (Wildman–Crippen LogP) is 3.76. The Balaban J connectivity index is 0.00000147. The number of para-hydroxylation sites is 1. The maximum absolute atomic E-state index is 5.93. The van der Waals surface area contributed by atoms with Gasteiger partial charge in [0, 0.05) is 11.8 Å². The summed E-state index contributed by atoms with van der Waals surface area (Å²) < 4.78 is 5.93. The molecule has 3 rings (SSSR count). The standard InChI is InChI=1S/C16H18N2O.ClH/c1-2-5-14(6-3-1)19-16-15(7-4-10-18-16)13-8-11-17-12-9-13;/h1-7,10,13,17H,8-9,11-12H2;1H. The summed E-state index contributed by atoms with van der Waals surface area (Å²) in [5, 5.41) is 3.39. The van der Waals surface area contributed by atoms with Crippen LogP contribution in [0.3, 0.4) is 0 Å². The summed E-state index contributed by atoms with van der Waals surface area (Å²) in [7, 11) is 0. The molecule has 1 fully saturated rings. The van der Waals surface area contributed by atoms with E-state index < -0.39 is 0 Å². The van der Waals surface area contributed by atoms with Crippen molar-refractivity contribution in [3.63, 3.8) is 0 Å². The van der Waals surface area contributed by atoms with Gasteiger partial charge in [-0.25, -0.2) is 4.98 Å². The average molecular weight is 291 g/mol. The Hall–Kier alpha value is -1.58. The number of piperidine rings is 1. The first kappa shape index (κ1) is 14.8. The summed E-state index contributed by atoms with van der Waals surface area (Å²) in [6.07, 6.45) is 4.09. The Morgan fingerprint density at radius 1 is 1.00 bits per heavy atom. The largest absolute Gasteiger partial charge is 0.439 e. The minimum absolute atomic E-state index is 0. The number of halogens is 1. The van der Waals surface area contributed by atoms with Crippen molar-refractivity contribution in [2.75, 3.05) is 13.1 Å². The van der Waals surface area contributed by atoms with E-state index in [0.29, 0.717) is 5.92 Å². The molecule has 4 heteroatoms. The lowest BCUT2D eigenvalue weighted by Crippen LogP contribution is -2.26. The molecule has 0 unspecified atom stereocenters. The van der Waals surface area contributed by atoms with Gasteiger partial charge in [0.2, 0.25) is 5.88 Å². The van der Waals surface area contributed by atoms with Gasteiger partial charge in [-0.15, -0.1) is 12.4 Å². The van der Waals surface area contributed by atoms with Crippen LogP contribution in [0.1, 0.15) is 24.3 Å². The van der Waals surface area contributed by atoms with Gasteiger partial charge in [-0.3, -0.25) is 0 Å². The van der Waals surface area contributed by atoms with Crippen LogP contribution in [0.15, 0.2) is 48.7 Å². The third-order valence-corrected chi connectivity index (χ3v) is 3.54. The first-order chi connectivity index (χ1) is 9.43. The lowest BCUT2D eigenvalue weighted by Gasteiger charge is -2.24. The highest BCUT2D eigenvalue weighted by Crippen LogP contribution is 2.33. The molecule has 0 spiro atoms. The molecule has 1 saturated heterocycles. The molecule has 2 heterocycles. The molecule has 0 bridgehead atoms. The lowest BCUT2D eigenvalue weighted by atomic mass is 9.91. The highest BCUT2D eigenvalue weighted by atomic mass is 35.5. The minimum Gasteiger partial charge on any atom is -0.439 e. The van der Waals surface area contributed by atoms with E-state index in [0.717, 1.165) is 37.6 Å². The third kappa shape index (κ3) is 3.50. The zero-order valence-corrected chi connectivity index (χ0v) is 12.1. The Morgan fingerprint density at radius 2 is 1.75 bits per heavy atom. The maximum atomic E-state index is 5.93. The van der Waals surface area contributed by atoms with Crippen molar-refractivity contribution in [1.29, 1.82) is 0 Å². The van der Waals surface area contributed by atoms with E-state index in [4.69, 9.17) is 4.74 Å². The third-order valence-electron chi connectivity index (χ3n) is 3.54. The molecule has 0 radical (unpaired) electrons. The number of nitrogens with zero attached hydrogens (tertiary/aromatic N) is 1. The molecule has 1 aromatic carbocycles. The van der Waals surface area contributed by atoms with E-state index in [1.165, 1.54) is 5.56 Å². The van der Waals surface area contributed by atoms with Gasteiger partial charge in [0.15, 0.2) is 0 Å². The maximum Gasteiger partial charge on any atom is 0.222 e. The molecule has 0 saturated carbocycles. The van der Waals surface area contributed by atoms with Crippen molar-refractivity contribution in [3.8, 4) is 11.6 Å². The molecule has 0 aliphatic carbocycles. The molecule has 1 N–H and O–H groups in total. The quantitative estimate of drug-likeness (QED) is 0.934. The summed E-state index contributed by atoms with van der Waals surface area (Å²) in [4.78, 5) is 4.41. The van der Waals surface area contributed by atoms with Gasteiger partial charge in [-0.05, 0) is 50.0 Å². The van der Waals surface area contributed by atoms with E-state index in [1.807, 2.05) is 36.4 Å². The fourth-order valence-corrected chi connectivity index (χ4v) is 2.53. The van der Waals surface area contributed by atoms with E-state index in [2.05, 4.69) is 16.4 Å². The Bertz CT molecular complexity index is 527. The van der Waals surface area contributed by atoms with Crippen LogP contribution in [0.4, 0.5) is 0 Å². The normalized spacial score (nSPS) is 15.4. The Labute approximate surface area is 125 Å². The summed E-state index contributed by atoms with van der Waals surface area (Å²) in [5.41, 5.74) is 1.23. The molecule has 2 aromatic rings. The Morgan fingerprint density at radius 3 is 2.50 bits per heavy atom. The Kier molecular flexibility index (Phi) is 5.39. The molecule has 20 heavy (non-hydrogen) atoms. The minimum atomic E-state index is 0. The van der Waals surface area contributed by atoms with Crippen LogP contribution in [0.25, 0.3) is 0 Å². The van der Waals surface area contributed by atoms with Gasteiger partial charge in [0.1, 0.15) is 5.75 Å². The second-order valence-electron chi connectivity index (χ2n) is 4.84. The van der Waals surface area contributed by atoms with E-state index in [1.54, 1.807) is 6.20 Å². The van der Waals surface area contributed by atoms with E-state index in [-0.39, 0.29) is 12.4 Å². The number of rotatable bonds is 3. The number of ether oxygens (including phenoxy) is 1. The van der Waals surface area contributed by atoms with Crippen LogP contribution in [0.2, 0.25) is 0 Å². The number of aromatic nitrogens is 1. The molecule has 1 aromatic heterocycles. The van der Waals surface area contributed by atoms with Crippen molar-refractivity contribution < 1.29 is 4.74 Å². The van der Waals surface area contributed by atoms with Crippen LogP contribution < -0.4 is 10.1 Å². The van der Waals surface area contributed by atoms with Gasteiger partial charge in [-0.1, -0.05) is 24.3 Å². The molecule has 0 amide bonds. The molecular formula is C16H19ClN2O. The van der Waals surface area contributed by atoms with Gasteiger partial charge in [0.25, 0.3) is 0 Å². The van der Waals surface area contributed by atoms with Crippen LogP contribution in [-0.4, -0.2) is 18.1 Å². The van der Waals surface area contributed by atoms with Crippen molar-refractivity contribution in [2.24, 2.45) is 0 Å². The van der Waals surface area contributed by atoms with Gasteiger partial charge in [-0.2, -0.15) is 0 Å². The highest BCUT2D eigenvalue weighted by molar-refractivity contribution is 5.85. The SMILES string of the molecule is Cl.c1ccc(Oc2ncccc2C2CCNCC2)cc1. The second kappa shape index (κ2) is 7.27. The number of benzene rings is 1. The number of nitrogens with one attached hydrogen (secondary N) is 1. The molecule has 1 aliphatic heterocycles. The monoisotopic (exact) mass is 290 g/mol. The number of pyridine rings is 1. The zero-order valence-electron chi connectivity index (χ0n) is 11.3. The van der Waals surface area contributed by atoms with Crippen molar-refractivity contribution in [1.82, 2.24) is 10.3 Å². The van der Waals surface area contributed by atoms with Crippen molar-refractivity contribution >= 4 is 12.4 Å². The van der Waals surface area contributed by atoms with Gasteiger partial charge in [0.05, 0.1) is 0 Å². The molecule has 1 aliphatic rings. The van der Waals surface area contributed by atoms with E-state index in [9.17, 15) is 0 Å².